The van der Waals surface area contributed by atoms with Gasteiger partial charge in [-0.2, -0.15) is 0 Å². The van der Waals surface area contributed by atoms with Crippen molar-refractivity contribution in [1.82, 2.24) is 15.5 Å². The van der Waals surface area contributed by atoms with Gasteiger partial charge in [-0.1, -0.05) is 0 Å². The summed E-state index contributed by atoms with van der Waals surface area (Å²) in [4.78, 5) is 23.4. The molecule has 0 rings (SSSR count). The summed E-state index contributed by atoms with van der Waals surface area (Å²) in [5, 5.41) is 14.2. The molecule has 0 atom stereocenters. The number of hydrogen-bond donors (Lipinski definition) is 3. The van der Waals surface area contributed by atoms with Crippen LogP contribution < -0.4 is 10.6 Å². The van der Waals surface area contributed by atoms with Gasteiger partial charge in [0.2, 0.25) is 0 Å². The highest BCUT2D eigenvalue weighted by atomic mass is 16.4. The first-order valence-corrected chi connectivity index (χ1v) is 5.51. The SMILES string of the molecule is CCN(CCC(=O)O)C(=O)NCCCNC. The number of carboxylic acids is 1. The lowest BCUT2D eigenvalue weighted by Crippen LogP contribution is -2.41. The predicted molar refractivity (Wildman–Crippen MR) is 61.4 cm³/mol. The van der Waals surface area contributed by atoms with Gasteiger partial charge in [0, 0.05) is 19.6 Å². The number of carbonyl (C=O) groups excluding carboxylic acids is 1. The number of rotatable bonds is 8. The van der Waals surface area contributed by atoms with Crippen LogP contribution in [0.5, 0.6) is 0 Å². The molecule has 94 valence electrons. The van der Waals surface area contributed by atoms with Crippen LogP contribution in [0.3, 0.4) is 0 Å². The molecule has 6 heteroatoms. The minimum Gasteiger partial charge on any atom is -0.481 e. The van der Waals surface area contributed by atoms with Crippen LogP contribution in [-0.4, -0.2) is 55.2 Å². The average Bonchev–Trinajstić information content (AvgIpc) is 2.25. The molecular formula is C10H21N3O3. The van der Waals surface area contributed by atoms with E-state index in [4.69, 9.17) is 5.11 Å². The molecule has 0 spiro atoms. The maximum atomic E-state index is 11.6. The van der Waals surface area contributed by atoms with Crippen molar-refractivity contribution in [1.29, 1.82) is 0 Å². The van der Waals surface area contributed by atoms with E-state index in [1.54, 1.807) is 0 Å². The zero-order valence-electron chi connectivity index (χ0n) is 9.95. The topological polar surface area (TPSA) is 81.7 Å². The first-order valence-electron chi connectivity index (χ1n) is 5.51. The van der Waals surface area contributed by atoms with E-state index in [0.717, 1.165) is 13.0 Å². The lowest BCUT2D eigenvalue weighted by atomic mass is 10.4. The molecule has 6 nitrogen and oxygen atoms in total. The van der Waals surface area contributed by atoms with Crippen molar-refractivity contribution in [2.75, 3.05) is 33.2 Å². The summed E-state index contributed by atoms with van der Waals surface area (Å²) in [5.74, 6) is -0.888. The smallest absolute Gasteiger partial charge is 0.317 e. The van der Waals surface area contributed by atoms with Crippen molar-refractivity contribution in [2.45, 2.75) is 19.8 Å². The molecule has 0 radical (unpaired) electrons. The van der Waals surface area contributed by atoms with E-state index in [1.807, 2.05) is 14.0 Å². The number of carboxylic acid groups (broad SMARTS) is 1. The van der Waals surface area contributed by atoms with Crippen LogP contribution in [0.2, 0.25) is 0 Å². The van der Waals surface area contributed by atoms with Gasteiger partial charge in [0.15, 0.2) is 0 Å². The molecule has 2 amide bonds. The molecule has 0 aromatic rings. The average molecular weight is 231 g/mol. The Hall–Kier alpha value is -1.30. The summed E-state index contributed by atoms with van der Waals surface area (Å²) in [7, 11) is 1.85. The van der Waals surface area contributed by atoms with Crippen molar-refractivity contribution in [3.63, 3.8) is 0 Å². The van der Waals surface area contributed by atoms with Crippen LogP contribution in [0.4, 0.5) is 4.79 Å². The third-order valence-corrected chi connectivity index (χ3v) is 2.14. The number of hydrogen-bond acceptors (Lipinski definition) is 3. The van der Waals surface area contributed by atoms with Gasteiger partial charge in [-0.15, -0.1) is 0 Å². The largest absolute Gasteiger partial charge is 0.481 e. The van der Waals surface area contributed by atoms with Crippen LogP contribution in [0, 0.1) is 0 Å². The third-order valence-electron chi connectivity index (χ3n) is 2.14. The summed E-state index contributed by atoms with van der Waals surface area (Å²) < 4.78 is 0. The van der Waals surface area contributed by atoms with Gasteiger partial charge in [0.1, 0.15) is 0 Å². The van der Waals surface area contributed by atoms with Gasteiger partial charge in [0.05, 0.1) is 6.42 Å². The monoisotopic (exact) mass is 231 g/mol. The van der Waals surface area contributed by atoms with E-state index in [0.29, 0.717) is 13.1 Å². The Morgan fingerprint density at radius 3 is 2.50 bits per heavy atom. The predicted octanol–water partition coefficient (Wildman–Crippen LogP) is 0.102. The molecule has 0 bridgehead atoms. The van der Waals surface area contributed by atoms with Crippen LogP contribution in [0.15, 0.2) is 0 Å². The van der Waals surface area contributed by atoms with Crippen LogP contribution >= 0.6 is 0 Å². The molecule has 0 saturated heterocycles. The highest BCUT2D eigenvalue weighted by molar-refractivity contribution is 5.75. The van der Waals surface area contributed by atoms with E-state index in [9.17, 15) is 9.59 Å². The van der Waals surface area contributed by atoms with Gasteiger partial charge >= 0.3 is 12.0 Å². The quantitative estimate of drug-likeness (QED) is 0.518. The second-order valence-corrected chi connectivity index (χ2v) is 3.41. The van der Waals surface area contributed by atoms with Gasteiger partial charge in [0.25, 0.3) is 0 Å². The molecule has 0 fully saturated rings. The Morgan fingerprint density at radius 1 is 1.31 bits per heavy atom. The standard InChI is InChI=1S/C10H21N3O3/c1-3-13(8-5-9(14)15)10(16)12-7-4-6-11-2/h11H,3-8H2,1-2H3,(H,12,16)(H,14,15). The first-order chi connectivity index (χ1) is 7.61. The van der Waals surface area contributed by atoms with Gasteiger partial charge in [-0.05, 0) is 26.9 Å². The fourth-order valence-corrected chi connectivity index (χ4v) is 1.21. The Labute approximate surface area is 96.0 Å². The number of aliphatic carboxylic acids is 1. The molecule has 0 saturated carbocycles. The second-order valence-electron chi connectivity index (χ2n) is 3.41. The van der Waals surface area contributed by atoms with E-state index < -0.39 is 5.97 Å². The van der Waals surface area contributed by atoms with Crippen LogP contribution in [0.1, 0.15) is 19.8 Å². The van der Waals surface area contributed by atoms with Crippen molar-refractivity contribution in [2.24, 2.45) is 0 Å². The van der Waals surface area contributed by atoms with E-state index in [2.05, 4.69) is 10.6 Å². The van der Waals surface area contributed by atoms with Crippen molar-refractivity contribution in [3.05, 3.63) is 0 Å². The van der Waals surface area contributed by atoms with Crippen molar-refractivity contribution < 1.29 is 14.7 Å². The lowest BCUT2D eigenvalue weighted by Gasteiger charge is -2.20. The third kappa shape index (κ3) is 7.05. The van der Waals surface area contributed by atoms with Gasteiger partial charge < -0.3 is 20.6 Å². The fourth-order valence-electron chi connectivity index (χ4n) is 1.21. The maximum Gasteiger partial charge on any atom is 0.317 e. The molecule has 0 heterocycles. The number of nitrogens with one attached hydrogen (secondary N) is 2. The summed E-state index contributed by atoms with van der Waals surface area (Å²) >= 11 is 0. The molecule has 0 aliphatic rings. The summed E-state index contributed by atoms with van der Waals surface area (Å²) in [6.45, 7) is 4.05. The van der Waals surface area contributed by atoms with Gasteiger partial charge in [-0.25, -0.2) is 4.79 Å². The lowest BCUT2D eigenvalue weighted by molar-refractivity contribution is -0.137. The highest BCUT2D eigenvalue weighted by Gasteiger charge is 2.11. The van der Waals surface area contributed by atoms with E-state index >= 15 is 0 Å². The molecule has 3 N–H and O–H groups in total. The zero-order chi connectivity index (χ0) is 12.4. The van der Waals surface area contributed by atoms with Gasteiger partial charge in [-0.3, -0.25) is 4.79 Å². The number of carbonyl (C=O) groups is 2. The second kappa shape index (κ2) is 8.96. The number of nitrogens with zero attached hydrogens (tertiary/aromatic N) is 1. The summed E-state index contributed by atoms with van der Waals surface area (Å²) in [6.07, 6.45) is 0.844. The summed E-state index contributed by atoms with van der Waals surface area (Å²) in [6, 6.07) is -0.195. The molecular weight excluding hydrogens is 210 g/mol. The maximum absolute atomic E-state index is 11.6. The molecule has 16 heavy (non-hydrogen) atoms. The van der Waals surface area contributed by atoms with E-state index in [-0.39, 0.29) is 19.0 Å². The Balaban J connectivity index is 3.77. The van der Waals surface area contributed by atoms with E-state index in [1.165, 1.54) is 4.90 Å². The van der Waals surface area contributed by atoms with Crippen molar-refractivity contribution in [3.8, 4) is 0 Å². The number of urea groups is 1. The molecule has 0 aromatic heterocycles. The minimum absolute atomic E-state index is 0.0161. The highest BCUT2D eigenvalue weighted by Crippen LogP contribution is 1.92. The van der Waals surface area contributed by atoms with Crippen LogP contribution in [0.25, 0.3) is 0 Å². The summed E-state index contributed by atoms with van der Waals surface area (Å²) in [5.41, 5.74) is 0. The Kier molecular flexibility index (Phi) is 8.24. The molecule has 0 aliphatic heterocycles. The number of amides is 2. The van der Waals surface area contributed by atoms with Crippen LogP contribution in [-0.2, 0) is 4.79 Å². The van der Waals surface area contributed by atoms with Crippen molar-refractivity contribution >= 4 is 12.0 Å². The minimum atomic E-state index is -0.888. The normalized spacial score (nSPS) is 9.88. The molecule has 0 unspecified atom stereocenters. The fraction of sp³-hybridized carbons (Fsp3) is 0.800. The zero-order valence-corrected chi connectivity index (χ0v) is 9.95. The molecule has 0 aliphatic carbocycles. The Bertz CT molecular complexity index is 221. The first kappa shape index (κ1) is 14.7. The molecule has 0 aromatic carbocycles. The Morgan fingerprint density at radius 2 is 2.00 bits per heavy atom.